The van der Waals surface area contributed by atoms with Gasteiger partial charge in [-0.1, -0.05) is 35.5 Å². The highest BCUT2D eigenvalue weighted by atomic mass is 79.9. The Hall–Kier alpha value is -3.26. The van der Waals surface area contributed by atoms with Gasteiger partial charge in [0.05, 0.1) is 22.3 Å². The third kappa shape index (κ3) is 3.79. The summed E-state index contributed by atoms with van der Waals surface area (Å²) in [4.78, 5) is 26.7. The van der Waals surface area contributed by atoms with Gasteiger partial charge in [0.1, 0.15) is 5.82 Å². The van der Waals surface area contributed by atoms with Crippen LogP contribution < -0.4 is 4.90 Å². The van der Waals surface area contributed by atoms with Gasteiger partial charge in [-0.15, -0.1) is 0 Å². The third-order valence-electron chi connectivity index (χ3n) is 5.52. The second-order valence-corrected chi connectivity index (χ2v) is 8.40. The molecule has 8 heteroatoms. The average Bonchev–Trinajstić information content (AvgIpc) is 3.20. The predicted octanol–water partition coefficient (Wildman–Crippen LogP) is 4.32. The second-order valence-electron chi connectivity index (χ2n) is 7.48. The first-order valence-electron chi connectivity index (χ1n) is 10.1. The molecule has 0 saturated carbocycles. The summed E-state index contributed by atoms with van der Waals surface area (Å²) in [7, 11) is 0. The summed E-state index contributed by atoms with van der Waals surface area (Å²) < 4.78 is 6.37. The molecule has 1 amide bonds. The maximum Gasteiger partial charge on any atom is 0.259 e. The number of carbonyl (C=O) groups is 1. The van der Waals surface area contributed by atoms with Crippen molar-refractivity contribution in [2.24, 2.45) is 0 Å². The van der Waals surface area contributed by atoms with Crippen molar-refractivity contribution in [3.8, 4) is 11.3 Å². The molecule has 156 valence electrons. The van der Waals surface area contributed by atoms with Crippen molar-refractivity contribution in [2.75, 3.05) is 31.1 Å². The number of hydrogen-bond acceptors (Lipinski definition) is 6. The molecule has 0 bridgehead atoms. The van der Waals surface area contributed by atoms with Crippen molar-refractivity contribution in [3.63, 3.8) is 0 Å². The van der Waals surface area contributed by atoms with Crippen LogP contribution in [0.2, 0.25) is 0 Å². The van der Waals surface area contributed by atoms with Gasteiger partial charge in [-0.3, -0.25) is 4.79 Å². The Morgan fingerprint density at radius 3 is 2.55 bits per heavy atom. The fraction of sp³-hybridized carbons (Fsp3) is 0.217. The molecular weight excluding hydrogens is 458 g/mol. The largest absolute Gasteiger partial charge is 0.353 e. The lowest BCUT2D eigenvalue weighted by molar-refractivity contribution is 0.0748. The predicted molar refractivity (Wildman–Crippen MR) is 122 cm³/mol. The molecule has 7 nitrogen and oxygen atoms in total. The summed E-state index contributed by atoms with van der Waals surface area (Å²) >= 11 is 3.42. The van der Waals surface area contributed by atoms with E-state index in [4.69, 9.17) is 4.52 Å². The molecule has 1 aliphatic heterocycles. The van der Waals surface area contributed by atoms with E-state index in [-0.39, 0.29) is 5.91 Å². The molecule has 4 aromatic rings. The van der Waals surface area contributed by atoms with Crippen LogP contribution in [0.1, 0.15) is 16.1 Å². The number of hydrogen-bond donors (Lipinski definition) is 0. The van der Waals surface area contributed by atoms with E-state index < -0.39 is 0 Å². The number of rotatable bonds is 3. The van der Waals surface area contributed by atoms with Crippen LogP contribution in [0.25, 0.3) is 22.4 Å². The van der Waals surface area contributed by atoms with Crippen LogP contribution >= 0.6 is 15.9 Å². The van der Waals surface area contributed by atoms with E-state index in [9.17, 15) is 4.79 Å². The fourth-order valence-corrected chi connectivity index (χ4v) is 4.12. The van der Waals surface area contributed by atoms with Crippen LogP contribution in [0.5, 0.6) is 0 Å². The number of carbonyl (C=O) groups excluding carboxylic acids is 1. The fourth-order valence-electron chi connectivity index (χ4n) is 3.88. The van der Waals surface area contributed by atoms with E-state index in [0.717, 1.165) is 28.9 Å². The summed E-state index contributed by atoms with van der Waals surface area (Å²) in [5, 5.41) is 4.73. The first kappa shape index (κ1) is 19.7. The molecule has 1 aliphatic rings. The lowest BCUT2D eigenvalue weighted by Crippen LogP contribution is -2.49. The van der Waals surface area contributed by atoms with Crippen LogP contribution in [-0.4, -0.2) is 52.1 Å². The van der Waals surface area contributed by atoms with Gasteiger partial charge >= 0.3 is 0 Å². The molecule has 1 saturated heterocycles. The van der Waals surface area contributed by atoms with Crippen molar-refractivity contribution < 1.29 is 9.32 Å². The first-order valence-corrected chi connectivity index (χ1v) is 10.9. The summed E-state index contributed by atoms with van der Waals surface area (Å²) in [6.45, 7) is 4.52. The summed E-state index contributed by atoms with van der Waals surface area (Å²) in [6, 6.07) is 15.6. The van der Waals surface area contributed by atoms with Crippen LogP contribution in [-0.2, 0) is 0 Å². The SMILES string of the molecule is Cc1noc2nc(-c3ccccc3)cc(C(=O)N3CCN(c4ccc(Br)cn4)CC3)c12. The Morgan fingerprint density at radius 1 is 1.06 bits per heavy atom. The van der Waals surface area contributed by atoms with Gasteiger partial charge in [0.2, 0.25) is 0 Å². The molecule has 0 unspecified atom stereocenters. The summed E-state index contributed by atoms with van der Waals surface area (Å²) in [6.07, 6.45) is 1.79. The van der Waals surface area contributed by atoms with Crippen molar-refractivity contribution in [1.82, 2.24) is 20.0 Å². The molecule has 5 rings (SSSR count). The topological polar surface area (TPSA) is 75.4 Å². The van der Waals surface area contributed by atoms with Gasteiger partial charge in [-0.05, 0) is 41.1 Å². The zero-order chi connectivity index (χ0) is 21.4. The van der Waals surface area contributed by atoms with E-state index in [2.05, 4.69) is 36.0 Å². The molecule has 0 N–H and O–H groups in total. The lowest BCUT2D eigenvalue weighted by atomic mass is 10.0. The van der Waals surface area contributed by atoms with Gasteiger partial charge in [0, 0.05) is 42.4 Å². The van der Waals surface area contributed by atoms with Gasteiger partial charge in [0.25, 0.3) is 11.6 Å². The van der Waals surface area contributed by atoms with Crippen molar-refractivity contribution in [2.45, 2.75) is 6.92 Å². The first-order chi connectivity index (χ1) is 15.1. The summed E-state index contributed by atoms with van der Waals surface area (Å²) in [5.41, 5.74) is 3.27. The van der Waals surface area contributed by atoms with Crippen LogP contribution in [0.15, 0.2) is 63.7 Å². The average molecular weight is 478 g/mol. The van der Waals surface area contributed by atoms with Crippen LogP contribution in [0.3, 0.4) is 0 Å². The van der Waals surface area contributed by atoms with Crippen molar-refractivity contribution in [3.05, 3.63) is 70.5 Å². The van der Waals surface area contributed by atoms with E-state index in [1.165, 1.54) is 0 Å². The minimum Gasteiger partial charge on any atom is -0.353 e. The van der Waals surface area contributed by atoms with E-state index in [1.54, 1.807) is 6.20 Å². The van der Waals surface area contributed by atoms with Gasteiger partial charge in [-0.25, -0.2) is 9.97 Å². The van der Waals surface area contributed by atoms with Crippen molar-refractivity contribution >= 4 is 38.8 Å². The Morgan fingerprint density at radius 2 is 1.84 bits per heavy atom. The number of anilines is 1. The third-order valence-corrected chi connectivity index (χ3v) is 5.99. The zero-order valence-corrected chi connectivity index (χ0v) is 18.5. The number of fused-ring (bicyclic) bond motifs is 1. The number of aryl methyl sites for hydroxylation is 1. The highest BCUT2D eigenvalue weighted by Gasteiger charge is 2.27. The number of halogens is 1. The van der Waals surface area contributed by atoms with E-state index >= 15 is 0 Å². The number of aromatic nitrogens is 3. The van der Waals surface area contributed by atoms with Gasteiger partial charge in [-0.2, -0.15) is 0 Å². The quantitative estimate of drug-likeness (QED) is 0.437. The van der Waals surface area contributed by atoms with E-state index in [0.29, 0.717) is 41.1 Å². The molecule has 0 atom stereocenters. The highest BCUT2D eigenvalue weighted by molar-refractivity contribution is 9.10. The minimum absolute atomic E-state index is 0.0284. The smallest absolute Gasteiger partial charge is 0.259 e. The van der Waals surface area contributed by atoms with E-state index in [1.807, 2.05) is 60.4 Å². The number of piperazine rings is 1. The molecular formula is C23H20BrN5O2. The molecule has 0 radical (unpaired) electrons. The number of nitrogens with zero attached hydrogens (tertiary/aromatic N) is 5. The Balaban J connectivity index is 1.43. The van der Waals surface area contributed by atoms with Crippen LogP contribution in [0.4, 0.5) is 5.82 Å². The molecule has 0 spiro atoms. The monoisotopic (exact) mass is 477 g/mol. The Labute approximate surface area is 187 Å². The van der Waals surface area contributed by atoms with Crippen LogP contribution in [0, 0.1) is 6.92 Å². The van der Waals surface area contributed by atoms with Crippen molar-refractivity contribution in [1.29, 1.82) is 0 Å². The molecule has 3 aromatic heterocycles. The highest BCUT2D eigenvalue weighted by Crippen LogP contribution is 2.28. The number of amides is 1. The summed E-state index contributed by atoms with van der Waals surface area (Å²) in [5.74, 6) is 0.891. The molecule has 31 heavy (non-hydrogen) atoms. The molecule has 0 aliphatic carbocycles. The molecule has 1 aromatic carbocycles. The standard InChI is InChI=1S/C23H20BrN5O2/c1-15-21-18(13-19(26-22(21)31-27-15)16-5-3-2-4-6-16)23(30)29-11-9-28(10-12-29)20-8-7-17(24)14-25-20/h2-8,13-14H,9-12H2,1H3. The van der Waals surface area contributed by atoms with Gasteiger partial charge in [0.15, 0.2) is 0 Å². The Kier molecular flexibility index (Phi) is 5.15. The Bertz CT molecular complexity index is 1230. The maximum atomic E-state index is 13.5. The lowest BCUT2D eigenvalue weighted by Gasteiger charge is -2.35. The molecule has 1 fully saturated rings. The second kappa shape index (κ2) is 8.11. The van der Waals surface area contributed by atoms with Gasteiger partial charge < -0.3 is 14.3 Å². The number of benzene rings is 1. The normalized spacial score (nSPS) is 14.3. The maximum absolute atomic E-state index is 13.5. The minimum atomic E-state index is -0.0284. The molecule has 4 heterocycles. The zero-order valence-electron chi connectivity index (χ0n) is 17.0. The number of pyridine rings is 2.